The Labute approximate surface area is 163 Å². The largest absolute Gasteiger partial charge is 0.331 e. The molecule has 2 aliphatic rings. The van der Waals surface area contributed by atoms with Gasteiger partial charge in [-0.2, -0.15) is 0 Å². The Bertz CT molecular complexity index is 1070. The minimum Gasteiger partial charge on any atom is -0.331 e. The van der Waals surface area contributed by atoms with Gasteiger partial charge >= 0.3 is 0 Å². The molecule has 1 aromatic carbocycles. The average Bonchev–Trinajstić information content (AvgIpc) is 3.15. The van der Waals surface area contributed by atoms with Gasteiger partial charge in [0.05, 0.1) is 17.0 Å². The van der Waals surface area contributed by atoms with Crippen molar-refractivity contribution >= 4 is 50.6 Å². The van der Waals surface area contributed by atoms with Crippen molar-refractivity contribution in [1.29, 1.82) is 0 Å². The van der Waals surface area contributed by atoms with Crippen LogP contribution in [0.25, 0.3) is 0 Å². The van der Waals surface area contributed by atoms with E-state index in [4.69, 9.17) is 0 Å². The Hall–Kier alpha value is -2.50. The molecule has 2 aromatic rings. The zero-order valence-corrected chi connectivity index (χ0v) is 16.2. The Morgan fingerprint density at radius 3 is 2.96 bits per heavy atom. The molecule has 27 heavy (non-hydrogen) atoms. The van der Waals surface area contributed by atoms with Gasteiger partial charge in [-0.05, 0) is 24.3 Å². The number of amides is 1. The molecule has 0 radical (unpaired) electrons. The molecule has 0 unspecified atom stereocenters. The smallest absolute Gasteiger partial charge is 0.259 e. The van der Waals surface area contributed by atoms with E-state index in [0.717, 1.165) is 9.24 Å². The maximum Gasteiger partial charge on any atom is 0.259 e. The summed E-state index contributed by atoms with van der Waals surface area (Å²) in [7, 11) is -3.56. The molecule has 8 nitrogen and oxygen atoms in total. The van der Waals surface area contributed by atoms with E-state index in [0.29, 0.717) is 5.69 Å². The number of allylic oxidation sites excluding steroid dienone is 2. The molecule has 2 aliphatic heterocycles. The molecule has 3 heterocycles. The second kappa shape index (κ2) is 7.25. The highest BCUT2D eigenvalue weighted by atomic mass is 32.2. The van der Waals surface area contributed by atoms with Crippen LogP contribution in [0.15, 0.2) is 67.3 Å². The number of carbonyl (C=O) groups is 1. The highest BCUT2D eigenvalue weighted by molar-refractivity contribution is 8.01. The first-order valence-electron chi connectivity index (χ1n) is 7.84. The van der Waals surface area contributed by atoms with Crippen molar-refractivity contribution in [3.05, 3.63) is 53.7 Å². The Balaban J connectivity index is 1.60. The number of amidine groups is 1. The molecule has 0 saturated heterocycles. The molecule has 1 amide bonds. The molecule has 11 heteroatoms. The van der Waals surface area contributed by atoms with Gasteiger partial charge in [0.25, 0.3) is 15.9 Å². The van der Waals surface area contributed by atoms with Crippen LogP contribution in [0.1, 0.15) is 0 Å². The molecule has 138 valence electrons. The fourth-order valence-corrected chi connectivity index (χ4v) is 5.05. The predicted molar refractivity (Wildman–Crippen MR) is 104 cm³/mol. The van der Waals surface area contributed by atoms with Crippen molar-refractivity contribution in [2.45, 2.75) is 9.24 Å². The van der Waals surface area contributed by atoms with E-state index in [1.165, 1.54) is 23.1 Å². The quantitative estimate of drug-likeness (QED) is 0.809. The molecule has 0 aliphatic carbocycles. The summed E-state index contributed by atoms with van der Waals surface area (Å²) in [6.07, 6.45) is 4.98. The topological polar surface area (TPSA) is 105 Å². The molecule has 0 saturated carbocycles. The van der Waals surface area contributed by atoms with Crippen molar-refractivity contribution in [3.8, 4) is 0 Å². The van der Waals surface area contributed by atoms with Crippen molar-refractivity contribution < 1.29 is 13.2 Å². The number of nitrogens with zero attached hydrogens (tertiary/aromatic N) is 4. The van der Waals surface area contributed by atoms with Gasteiger partial charge in [0.2, 0.25) is 0 Å². The zero-order chi connectivity index (χ0) is 18.9. The summed E-state index contributed by atoms with van der Waals surface area (Å²) in [5.41, 5.74) is 2.44. The van der Waals surface area contributed by atoms with Crippen molar-refractivity contribution in [3.63, 3.8) is 0 Å². The maximum absolute atomic E-state index is 12.8. The Morgan fingerprint density at radius 2 is 2.15 bits per heavy atom. The van der Waals surface area contributed by atoms with E-state index in [-0.39, 0.29) is 23.7 Å². The third-order valence-corrected chi connectivity index (χ3v) is 6.78. The van der Waals surface area contributed by atoms with Gasteiger partial charge in [0.1, 0.15) is 5.51 Å². The van der Waals surface area contributed by atoms with Gasteiger partial charge in [-0.3, -0.25) is 4.79 Å². The summed E-state index contributed by atoms with van der Waals surface area (Å²) in [5.74, 6) is -0.349. The van der Waals surface area contributed by atoms with Crippen LogP contribution < -0.4 is 5.32 Å². The first kappa shape index (κ1) is 17.9. The maximum atomic E-state index is 12.8. The van der Waals surface area contributed by atoms with Gasteiger partial charge < -0.3 is 10.2 Å². The molecule has 0 atom stereocenters. The average molecular weight is 420 g/mol. The first-order chi connectivity index (χ1) is 13.0. The van der Waals surface area contributed by atoms with Gasteiger partial charge in [0.15, 0.2) is 10.2 Å². The number of hydrogen-bond acceptors (Lipinski definition) is 8. The van der Waals surface area contributed by atoms with E-state index >= 15 is 0 Å². The summed E-state index contributed by atoms with van der Waals surface area (Å²) in [6.45, 7) is 0.270. The second-order valence-corrected chi connectivity index (χ2v) is 9.45. The Morgan fingerprint density at radius 1 is 1.30 bits per heavy atom. The van der Waals surface area contributed by atoms with E-state index < -0.39 is 15.9 Å². The number of benzene rings is 1. The monoisotopic (exact) mass is 419 g/mol. The lowest BCUT2D eigenvalue weighted by atomic mass is 10.1. The molecule has 1 N–H and O–H groups in total. The number of sulfonamides is 1. The van der Waals surface area contributed by atoms with E-state index in [1.807, 2.05) is 18.2 Å². The van der Waals surface area contributed by atoms with E-state index in [9.17, 15) is 13.2 Å². The van der Waals surface area contributed by atoms with Gasteiger partial charge in [-0.25, -0.2) is 8.42 Å². The third kappa shape index (κ3) is 3.94. The van der Waals surface area contributed by atoms with Crippen molar-refractivity contribution in [2.75, 3.05) is 17.6 Å². The zero-order valence-electron chi connectivity index (χ0n) is 13.8. The van der Waals surface area contributed by atoms with Crippen molar-refractivity contribution in [1.82, 2.24) is 15.1 Å². The molecular formula is C16H13N5O3S3. The summed E-state index contributed by atoms with van der Waals surface area (Å²) in [5, 5.41) is 10.6. The predicted octanol–water partition coefficient (Wildman–Crippen LogP) is 2.13. The minimum absolute atomic E-state index is 0.0724. The van der Waals surface area contributed by atoms with Crippen LogP contribution in [0.4, 0.5) is 5.69 Å². The van der Waals surface area contributed by atoms with Crippen LogP contribution in [0.5, 0.6) is 0 Å². The van der Waals surface area contributed by atoms with Crippen LogP contribution in [-0.2, 0) is 14.8 Å². The normalized spacial score (nSPS) is 17.7. The Kier molecular flexibility index (Phi) is 4.81. The second-order valence-electron chi connectivity index (χ2n) is 5.57. The number of aromatic nitrogens is 2. The molecule has 0 fully saturated rings. The van der Waals surface area contributed by atoms with Crippen LogP contribution >= 0.6 is 23.1 Å². The number of fused-ring (bicyclic) bond motifs is 1. The molecule has 0 bridgehead atoms. The number of hydrogen-bond donors (Lipinski definition) is 1. The van der Waals surface area contributed by atoms with E-state index in [2.05, 4.69) is 19.9 Å². The lowest BCUT2D eigenvalue weighted by Crippen LogP contribution is -2.40. The van der Waals surface area contributed by atoms with Gasteiger partial charge in [-0.15, -0.1) is 14.6 Å². The number of para-hydroxylation sites is 1. The van der Waals surface area contributed by atoms with Gasteiger partial charge in [0, 0.05) is 17.6 Å². The van der Waals surface area contributed by atoms with Crippen LogP contribution in [0.3, 0.4) is 0 Å². The number of nitrogens with one attached hydrogen (secondary N) is 1. The molecule has 4 rings (SSSR count). The van der Waals surface area contributed by atoms with Gasteiger partial charge in [-0.1, -0.05) is 35.2 Å². The highest BCUT2D eigenvalue weighted by Crippen LogP contribution is 2.34. The van der Waals surface area contributed by atoms with Crippen molar-refractivity contribution in [2.24, 2.45) is 4.40 Å². The van der Waals surface area contributed by atoms with Crippen LogP contribution in [0.2, 0.25) is 0 Å². The number of rotatable bonds is 4. The van der Waals surface area contributed by atoms with E-state index in [1.54, 1.807) is 34.8 Å². The SMILES string of the molecule is O=C(Nc1ccccc1Sc1nncs1)C1=CC=CN2CCS(=O)(=O)N=C12. The highest BCUT2D eigenvalue weighted by Gasteiger charge is 2.30. The lowest BCUT2D eigenvalue weighted by Gasteiger charge is -2.28. The number of carbonyl (C=O) groups excluding carboxylic acids is 1. The fraction of sp³-hybridized carbons (Fsp3) is 0.125. The summed E-state index contributed by atoms with van der Waals surface area (Å²) >= 11 is 2.80. The number of anilines is 1. The lowest BCUT2D eigenvalue weighted by molar-refractivity contribution is -0.112. The fourth-order valence-electron chi connectivity index (χ4n) is 2.54. The first-order valence-corrected chi connectivity index (χ1v) is 11.1. The molecule has 1 aromatic heterocycles. The summed E-state index contributed by atoms with van der Waals surface area (Å²) in [6, 6.07) is 7.31. The standard InChI is InChI=1S/C16H13N5O3S3/c22-15(11-4-3-7-21-8-9-27(23,24)20-14(11)21)18-12-5-1-2-6-13(12)26-16-19-17-10-25-16/h1-7,10H,8-9H2,(H,18,22). The van der Waals surface area contributed by atoms with Crippen LogP contribution in [-0.4, -0.2) is 47.6 Å². The third-order valence-electron chi connectivity index (χ3n) is 3.77. The summed E-state index contributed by atoms with van der Waals surface area (Å²) in [4.78, 5) is 15.3. The van der Waals surface area contributed by atoms with Crippen LogP contribution in [0, 0.1) is 0 Å². The summed E-state index contributed by atoms with van der Waals surface area (Å²) < 4.78 is 28.2. The minimum atomic E-state index is -3.56. The molecular weight excluding hydrogens is 406 g/mol. The molecule has 0 spiro atoms.